The van der Waals surface area contributed by atoms with Crippen LogP contribution in [0.2, 0.25) is 5.02 Å². The molecule has 1 amide bonds. The number of carbonyl (C=O) groups is 1. The van der Waals surface area contributed by atoms with Gasteiger partial charge in [0.25, 0.3) is 0 Å². The molecule has 0 aliphatic carbocycles. The smallest absolute Gasteiger partial charge is 0.417 e. The highest BCUT2D eigenvalue weighted by atomic mass is 35.5. The van der Waals surface area contributed by atoms with Gasteiger partial charge in [0.05, 0.1) is 6.04 Å². The molecule has 1 atom stereocenters. The molecule has 0 saturated carbocycles. The number of ether oxygens (including phenoxy) is 1. The summed E-state index contributed by atoms with van der Waals surface area (Å²) in [6.07, 6.45) is 2.24. The molecule has 0 unspecified atom stereocenters. The molecule has 1 fully saturated rings. The Labute approximate surface area is 145 Å². The number of aliphatic hydroxyl groups is 1. The standard InChI is InChI=1S/C19H18ClNO3/c20-16-9-6-14(7-10-16)8-11-18(22)21-17(13-24-19(21)23)12-15-4-2-1-3-5-15/h1-7,9-11,17,22H,8,12-13H2/b18-11-/t17-/m0/s1. The minimum absolute atomic E-state index is 0.0756. The summed E-state index contributed by atoms with van der Waals surface area (Å²) in [5.41, 5.74) is 2.09. The lowest BCUT2D eigenvalue weighted by Gasteiger charge is -2.20. The second-order valence-corrected chi connectivity index (χ2v) is 6.12. The Morgan fingerprint density at radius 1 is 1.17 bits per heavy atom. The van der Waals surface area contributed by atoms with Crippen molar-refractivity contribution in [2.45, 2.75) is 18.9 Å². The van der Waals surface area contributed by atoms with Crippen LogP contribution in [-0.4, -0.2) is 28.7 Å². The van der Waals surface area contributed by atoms with E-state index >= 15 is 0 Å². The van der Waals surface area contributed by atoms with Crippen LogP contribution in [0.3, 0.4) is 0 Å². The monoisotopic (exact) mass is 343 g/mol. The molecule has 1 aliphatic rings. The van der Waals surface area contributed by atoms with E-state index < -0.39 is 6.09 Å². The normalized spacial score (nSPS) is 17.9. The number of cyclic esters (lactones) is 1. The number of benzene rings is 2. The Hall–Kier alpha value is -2.46. The summed E-state index contributed by atoms with van der Waals surface area (Å²) in [4.78, 5) is 13.3. The fourth-order valence-electron chi connectivity index (χ4n) is 2.71. The zero-order valence-corrected chi connectivity index (χ0v) is 13.8. The fourth-order valence-corrected chi connectivity index (χ4v) is 2.83. The molecule has 2 aromatic carbocycles. The number of nitrogens with zero attached hydrogens (tertiary/aromatic N) is 1. The molecule has 5 heteroatoms. The number of hydrogen-bond donors (Lipinski definition) is 1. The van der Waals surface area contributed by atoms with Crippen LogP contribution in [0.25, 0.3) is 0 Å². The van der Waals surface area contributed by atoms with Crippen molar-refractivity contribution in [1.82, 2.24) is 4.90 Å². The molecular formula is C19H18ClNO3. The van der Waals surface area contributed by atoms with E-state index in [4.69, 9.17) is 16.3 Å². The Kier molecular flexibility index (Phi) is 5.06. The van der Waals surface area contributed by atoms with Crippen LogP contribution in [0, 0.1) is 0 Å². The van der Waals surface area contributed by atoms with Crippen LogP contribution in [0.5, 0.6) is 0 Å². The summed E-state index contributed by atoms with van der Waals surface area (Å²) in [7, 11) is 0. The van der Waals surface area contributed by atoms with Gasteiger partial charge in [0, 0.05) is 5.02 Å². The quantitative estimate of drug-likeness (QED) is 0.821. The Morgan fingerprint density at radius 3 is 2.58 bits per heavy atom. The zero-order valence-electron chi connectivity index (χ0n) is 13.1. The zero-order chi connectivity index (χ0) is 16.9. The van der Waals surface area contributed by atoms with Crippen LogP contribution in [-0.2, 0) is 17.6 Å². The van der Waals surface area contributed by atoms with Gasteiger partial charge in [-0.25, -0.2) is 9.69 Å². The van der Waals surface area contributed by atoms with Gasteiger partial charge in [0.2, 0.25) is 0 Å². The lowest BCUT2D eigenvalue weighted by atomic mass is 10.1. The molecule has 1 saturated heterocycles. The lowest BCUT2D eigenvalue weighted by molar-refractivity contribution is 0.149. The first-order valence-corrected chi connectivity index (χ1v) is 8.15. The van der Waals surface area contributed by atoms with Crippen LogP contribution in [0.15, 0.2) is 66.6 Å². The highest BCUT2D eigenvalue weighted by molar-refractivity contribution is 6.30. The van der Waals surface area contributed by atoms with Crippen molar-refractivity contribution in [3.05, 3.63) is 82.7 Å². The van der Waals surface area contributed by atoms with Gasteiger partial charge in [-0.1, -0.05) is 54.1 Å². The third-order valence-electron chi connectivity index (χ3n) is 3.96. The predicted octanol–water partition coefficient (Wildman–Crippen LogP) is 4.35. The van der Waals surface area contributed by atoms with Crippen molar-refractivity contribution in [2.75, 3.05) is 6.61 Å². The summed E-state index contributed by atoms with van der Waals surface area (Å²) in [6, 6.07) is 17.0. The van der Waals surface area contributed by atoms with Crippen molar-refractivity contribution in [3.63, 3.8) is 0 Å². The number of rotatable bonds is 5. The molecule has 1 aliphatic heterocycles. The molecule has 0 spiro atoms. The number of carbonyl (C=O) groups excluding carboxylic acids is 1. The van der Waals surface area contributed by atoms with Crippen LogP contribution < -0.4 is 0 Å². The van der Waals surface area contributed by atoms with E-state index in [2.05, 4.69) is 0 Å². The maximum Gasteiger partial charge on any atom is 0.417 e. The van der Waals surface area contributed by atoms with Crippen molar-refractivity contribution in [1.29, 1.82) is 0 Å². The highest BCUT2D eigenvalue weighted by Crippen LogP contribution is 2.21. The summed E-state index contributed by atoms with van der Waals surface area (Å²) in [5.74, 6) is -0.0756. The first-order chi connectivity index (χ1) is 11.6. The topological polar surface area (TPSA) is 49.8 Å². The molecule has 0 bridgehead atoms. The minimum Gasteiger partial charge on any atom is -0.495 e. The van der Waals surface area contributed by atoms with Crippen LogP contribution in [0.4, 0.5) is 4.79 Å². The molecule has 124 valence electrons. The fraction of sp³-hybridized carbons (Fsp3) is 0.211. The van der Waals surface area contributed by atoms with E-state index in [-0.39, 0.29) is 18.5 Å². The number of hydrogen-bond acceptors (Lipinski definition) is 3. The Balaban J connectivity index is 1.70. The second kappa shape index (κ2) is 7.41. The molecule has 2 aromatic rings. The Bertz CT molecular complexity index is 728. The van der Waals surface area contributed by atoms with Gasteiger partial charge in [0.15, 0.2) is 5.88 Å². The van der Waals surface area contributed by atoms with Gasteiger partial charge >= 0.3 is 6.09 Å². The average molecular weight is 344 g/mol. The largest absolute Gasteiger partial charge is 0.495 e. The SMILES string of the molecule is O=C1OC[C@H](Cc2ccccc2)N1/C(O)=C/Cc1ccc(Cl)cc1. The number of aliphatic hydroxyl groups excluding tert-OH is 1. The molecule has 4 nitrogen and oxygen atoms in total. The molecule has 0 radical (unpaired) electrons. The van der Waals surface area contributed by atoms with Gasteiger partial charge in [-0.05, 0) is 42.2 Å². The predicted molar refractivity (Wildman–Crippen MR) is 93.0 cm³/mol. The number of amides is 1. The van der Waals surface area contributed by atoms with Gasteiger partial charge in [0.1, 0.15) is 6.61 Å². The van der Waals surface area contributed by atoms with Gasteiger partial charge in [-0.15, -0.1) is 0 Å². The van der Waals surface area contributed by atoms with Crippen molar-refractivity contribution in [3.8, 4) is 0 Å². The maximum absolute atomic E-state index is 12.0. The highest BCUT2D eigenvalue weighted by Gasteiger charge is 2.35. The molecule has 24 heavy (non-hydrogen) atoms. The van der Waals surface area contributed by atoms with Crippen molar-refractivity contribution < 1.29 is 14.6 Å². The molecule has 1 N–H and O–H groups in total. The van der Waals surface area contributed by atoms with Gasteiger partial charge in [-0.3, -0.25) is 0 Å². The third-order valence-corrected chi connectivity index (χ3v) is 4.21. The Morgan fingerprint density at radius 2 is 1.88 bits per heavy atom. The molecule has 1 heterocycles. The molecular weight excluding hydrogens is 326 g/mol. The summed E-state index contributed by atoms with van der Waals surface area (Å²) in [6.45, 7) is 0.270. The summed E-state index contributed by atoms with van der Waals surface area (Å²) in [5, 5.41) is 11.0. The second-order valence-electron chi connectivity index (χ2n) is 5.68. The average Bonchev–Trinajstić information content (AvgIpc) is 2.95. The van der Waals surface area contributed by atoms with Crippen LogP contribution in [0.1, 0.15) is 11.1 Å². The van der Waals surface area contributed by atoms with E-state index in [0.29, 0.717) is 17.9 Å². The molecule has 3 rings (SSSR count). The van der Waals surface area contributed by atoms with Crippen molar-refractivity contribution in [2.24, 2.45) is 0 Å². The van der Waals surface area contributed by atoms with E-state index in [1.54, 1.807) is 18.2 Å². The lowest BCUT2D eigenvalue weighted by Crippen LogP contribution is -2.34. The molecule has 0 aromatic heterocycles. The van der Waals surface area contributed by atoms with Crippen LogP contribution >= 0.6 is 11.6 Å². The summed E-state index contributed by atoms with van der Waals surface area (Å²) >= 11 is 5.86. The van der Waals surface area contributed by atoms with E-state index in [1.807, 2.05) is 42.5 Å². The first kappa shape index (κ1) is 16.4. The van der Waals surface area contributed by atoms with E-state index in [0.717, 1.165) is 11.1 Å². The minimum atomic E-state index is -0.513. The number of halogens is 1. The third kappa shape index (κ3) is 3.89. The van der Waals surface area contributed by atoms with Crippen molar-refractivity contribution >= 4 is 17.7 Å². The van der Waals surface area contributed by atoms with Gasteiger partial charge in [-0.2, -0.15) is 0 Å². The summed E-state index contributed by atoms with van der Waals surface area (Å²) < 4.78 is 5.11. The van der Waals surface area contributed by atoms with Gasteiger partial charge < -0.3 is 9.84 Å². The number of allylic oxidation sites excluding steroid dienone is 1. The maximum atomic E-state index is 12.0. The van der Waals surface area contributed by atoms with E-state index in [1.165, 1.54) is 4.90 Å². The first-order valence-electron chi connectivity index (χ1n) is 7.77. The van der Waals surface area contributed by atoms with E-state index in [9.17, 15) is 9.90 Å².